The summed E-state index contributed by atoms with van der Waals surface area (Å²) < 4.78 is 0. The van der Waals surface area contributed by atoms with Crippen LogP contribution in [-0.4, -0.2) is 17.8 Å². The smallest absolute Gasteiger partial charge is 0.238 e. The number of rotatable bonds is 2. The zero-order chi connectivity index (χ0) is 15.1. The molecule has 1 saturated heterocycles. The van der Waals surface area contributed by atoms with Gasteiger partial charge in [-0.05, 0) is 30.5 Å². The molecule has 0 bridgehead atoms. The maximum absolute atomic E-state index is 12.4. The van der Waals surface area contributed by atoms with E-state index < -0.39 is 17.8 Å². The van der Waals surface area contributed by atoms with Crippen LogP contribution in [0.1, 0.15) is 23.2 Å². The summed E-state index contributed by atoms with van der Waals surface area (Å²) in [6.07, 6.45) is 2.55. The molecule has 1 fully saturated rings. The second-order valence-corrected chi connectivity index (χ2v) is 5.64. The van der Waals surface area contributed by atoms with Crippen molar-refractivity contribution in [2.45, 2.75) is 12.8 Å². The van der Waals surface area contributed by atoms with Crippen LogP contribution >= 0.6 is 11.6 Å². The van der Waals surface area contributed by atoms with E-state index in [9.17, 15) is 19.5 Å². The normalized spacial score (nSPS) is 24.8. The van der Waals surface area contributed by atoms with Crippen molar-refractivity contribution in [1.29, 1.82) is 0 Å². The third-order valence-corrected chi connectivity index (χ3v) is 4.22. The summed E-state index contributed by atoms with van der Waals surface area (Å²) in [6.45, 7) is 0. The molecule has 2 aliphatic rings. The Bertz CT molecular complexity index is 682. The Hall–Kier alpha value is -2.14. The number of carboxylic acids is 1. The van der Waals surface area contributed by atoms with E-state index in [4.69, 9.17) is 11.6 Å². The predicted octanol–water partition coefficient (Wildman–Crippen LogP) is 1.07. The van der Waals surface area contributed by atoms with Gasteiger partial charge in [-0.1, -0.05) is 29.8 Å². The van der Waals surface area contributed by atoms with Gasteiger partial charge in [-0.2, -0.15) is 0 Å². The highest BCUT2D eigenvalue weighted by atomic mass is 35.5. The number of halogens is 1. The second-order valence-electron chi connectivity index (χ2n) is 5.15. The first kappa shape index (κ1) is 13.8. The van der Waals surface area contributed by atoms with Crippen molar-refractivity contribution in [2.24, 2.45) is 11.8 Å². The van der Waals surface area contributed by atoms with E-state index in [0.717, 1.165) is 4.90 Å². The Morgan fingerprint density at radius 2 is 1.95 bits per heavy atom. The van der Waals surface area contributed by atoms with Crippen molar-refractivity contribution < 1.29 is 19.5 Å². The highest BCUT2D eigenvalue weighted by Crippen LogP contribution is 2.40. The fourth-order valence-corrected chi connectivity index (χ4v) is 3.11. The first-order valence-electron chi connectivity index (χ1n) is 6.53. The number of carbonyl (C=O) groups excluding carboxylic acids is 3. The molecule has 108 valence electrons. The molecule has 1 aromatic carbocycles. The third kappa shape index (κ3) is 2.23. The number of hydrogen-bond donors (Lipinski definition) is 0. The van der Waals surface area contributed by atoms with E-state index in [1.54, 1.807) is 6.08 Å². The number of anilines is 1. The van der Waals surface area contributed by atoms with Gasteiger partial charge in [0.15, 0.2) is 0 Å². The van der Waals surface area contributed by atoms with Crippen molar-refractivity contribution in [1.82, 2.24) is 0 Å². The summed E-state index contributed by atoms with van der Waals surface area (Å²) in [6, 6.07) is 5.65. The minimum absolute atomic E-state index is 0.0703. The largest absolute Gasteiger partial charge is 0.545 e. The van der Waals surface area contributed by atoms with Crippen molar-refractivity contribution in [3.05, 3.63) is 40.9 Å². The molecule has 0 N–H and O–H groups in total. The molecule has 0 spiro atoms. The lowest BCUT2D eigenvalue weighted by Crippen LogP contribution is -2.31. The minimum atomic E-state index is -1.35. The molecule has 1 aliphatic heterocycles. The Labute approximate surface area is 125 Å². The van der Waals surface area contributed by atoms with Crippen molar-refractivity contribution in [3.8, 4) is 0 Å². The number of amides is 2. The number of benzene rings is 1. The first-order chi connectivity index (χ1) is 9.99. The summed E-state index contributed by atoms with van der Waals surface area (Å²) in [7, 11) is 0. The van der Waals surface area contributed by atoms with Crippen LogP contribution in [0.3, 0.4) is 0 Å². The van der Waals surface area contributed by atoms with E-state index in [1.807, 2.05) is 0 Å². The monoisotopic (exact) mass is 304 g/mol. The van der Waals surface area contributed by atoms with Crippen LogP contribution in [0.15, 0.2) is 35.4 Å². The molecular weight excluding hydrogens is 294 g/mol. The van der Waals surface area contributed by atoms with Crippen LogP contribution in [0, 0.1) is 11.8 Å². The second kappa shape index (κ2) is 5.00. The highest BCUT2D eigenvalue weighted by Gasteiger charge is 2.48. The van der Waals surface area contributed by atoms with Gasteiger partial charge in [-0.25, -0.2) is 0 Å². The van der Waals surface area contributed by atoms with Gasteiger partial charge in [0.05, 0.1) is 23.5 Å². The van der Waals surface area contributed by atoms with Gasteiger partial charge < -0.3 is 9.90 Å². The van der Waals surface area contributed by atoms with Crippen LogP contribution in [0.25, 0.3) is 0 Å². The van der Waals surface area contributed by atoms with E-state index in [1.165, 1.54) is 24.3 Å². The summed E-state index contributed by atoms with van der Waals surface area (Å²) in [5.41, 5.74) is 0.191. The predicted molar refractivity (Wildman–Crippen MR) is 73.4 cm³/mol. The number of hydrogen-bond acceptors (Lipinski definition) is 4. The van der Waals surface area contributed by atoms with Gasteiger partial charge in [0.2, 0.25) is 11.8 Å². The van der Waals surface area contributed by atoms with Crippen LogP contribution in [0.2, 0.25) is 0 Å². The maximum Gasteiger partial charge on any atom is 0.238 e. The average Bonchev–Trinajstić information content (AvgIpc) is 2.70. The topological polar surface area (TPSA) is 77.5 Å². The highest BCUT2D eigenvalue weighted by molar-refractivity contribution is 6.30. The number of allylic oxidation sites excluding steroid dienone is 2. The summed E-state index contributed by atoms with van der Waals surface area (Å²) in [5.74, 6) is -2.85. The van der Waals surface area contributed by atoms with Gasteiger partial charge in [0.25, 0.3) is 0 Å². The standard InChI is InChI=1S/C15H12ClNO4/c16-9-4-5-11-12(7-9)14(19)17(13(11)18)10-3-1-2-8(6-10)15(20)21/h1-4,6,11-12H,5,7H2,(H,20,21)/p-1/t11-,12-/m0/s1. The molecule has 3 rings (SSSR count). The molecule has 0 aromatic heterocycles. The van der Waals surface area contributed by atoms with Crippen LogP contribution < -0.4 is 10.0 Å². The van der Waals surface area contributed by atoms with Gasteiger partial charge in [0, 0.05) is 5.03 Å². The van der Waals surface area contributed by atoms with Gasteiger partial charge in [-0.3, -0.25) is 14.5 Å². The third-order valence-electron chi connectivity index (χ3n) is 3.91. The quantitative estimate of drug-likeness (QED) is 0.766. The molecule has 21 heavy (non-hydrogen) atoms. The van der Waals surface area contributed by atoms with Gasteiger partial charge in [0.1, 0.15) is 0 Å². The molecule has 2 amide bonds. The Kier molecular flexibility index (Phi) is 3.29. The van der Waals surface area contributed by atoms with Crippen molar-refractivity contribution >= 4 is 35.1 Å². The van der Waals surface area contributed by atoms with Crippen LogP contribution in [0.5, 0.6) is 0 Å². The van der Waals surface area contributed by atoms with Crippen LogP contribution in [-0.2, 0) is 9.59 Å². The molecule has 1 aromatic rings. The maximum atomic E-state index is 12.4. The van der Waals surface area contributed by atoms with Crippen LogP contribution in [0.4, 0.5) is 5.69 Å². The number of carboxylic acid groups (broad SMARTS) is 1. The zero-order valence-electron chi connectivity index (χ0n) is 10.9. The van der Waals surface area contributed by atoms with E-state index >= 15 is 0 Å². The average molecular weight is 305 g/mol. The number of aromatic carboxylic acids is 1. The molecule has 1 heterocycles. The molecule has 0 unspecified atom stereocenters. The van der Waals surface area contributed by atoms with Gasteiger partial charge in [-0.15, -0.1) is 0 Å². The Morgan fingerprint density at radius 1 is 1.24 bits per heavy atom. The molecule has 1 aliphatic carbocycles. The van der Waals surface area contributed by atoms with Crippen molar-refractivity contribution in [3.63, 3.8) is 0 Å². The number of carbonyl (C=O) groups is 3. The Morgan fingerprint density at radius 3 is 2.67 bits per heavy atom. The number of fused-ring (bicyclic) bond motifs is 1. The molecule has 2 atom stereocenters. The summed E-state index contributed by atoms with van der Waals surface area (Å²) in [5, 5.41) is 11.5. The number of nitrogens with zero attached hydrogens (tertiary/aromatic N) is 1. The van der Waals surface area contributed by atoms with Gasteiger partial charge >= 0.3 is 0 Å². The molecular formula is C15H11ClNO4-. The fourth-order valence-electron chi connectivity index (χ4n) is 2.85. The Balaban J connectivity index is 1.97. The summed E-state index contributed by atoms with van der Waals surface area (Å²) >= 11 is 5.95. The first-order valence-corrected chi connectivity index (χ1v) is 6.90. The van der Waals surface area contributed by atoms with E-state index in [-0.39, 0.29) is 23.1 Å². The van der Waals surface area contributed by atoms with E-state index in [2.05, 4.69) is 0 Å². The summed E-state index contributed by atoms with van der Waals surface area (Å²) in [4.78, 5) is 36.8. The minimum Gasteiger partial charge on any atom is -0.545 e. The molecule has 0 saturated carbocycles. The fraction of sp³-hybridized carbons (Fsp3) is 0.267. The zero-order valence-corrected chi connectivity index (χ0v) is 11.7. The SMILES string of the molecule is O=C([O-])c1cccc(N2C(=O)[C@H]3CC=C(Cl)C[C@@H]3C2=O)c1. The molecule has 6 heteroatoms. The van der Waals surface area contributed by atoms with E-state index in [0.29, 0.717) is 17.9 Å². The lowest BCUT2D eigenvalue weighted by molar-refractivity contribution is -0.255. The van der Waals surface area contributed by atoms with Crippen molar-refractivity contribution in [2.75, 3.05) is 4.90 Å². The number of imide groups is 1. The lowest BCUT2D eigenvalue weighted by Gasteiger charge is -2.17. The molecule has 0 radical (unpaired) electrons. The lowest BCUT2D eigenvalue weighted by atomic mass is 9.85. The molecule has 5 nitrogen and oxygen atoms in total.